The van der Waals surface area contributed by atoms with Crippen molar-refractivity contribution in [3.05, 3.63) is 94.5 Å². The molecule has 196 valence electrons. The van der Waals surface area contributed by atoms with Crippen molar-refractivity contribution in [3.8, 4) is 0 Å². The Morgan fingerprint density at radius 3 is 2.08 bits per heavy atom. The van der Waals surface area contributed by atoms with Crippen LogP contribution < -0.4 is 9.62 Å². The van der Waals surface area contributed by atoms with Crippen LogP contribution in [-0.4, -0.2) is 52.1 Å². The predicted octanol–water partition coefficient (Wildman–Crippen LogP) is 3.96. The average Bonchev–Trinajstić information content (AvgIpc) is 2.87. The standard InChI is InChI=1S/C29H35N3O4S/c1-22-4-10-28(11-5-22)37(34,35)32(27-17-23(2)16-24(3)18-27)21-29(33)30-19-25-6-8-26(9-7-25)20-31-12-14-36-15-13-31/h4-11,16-18H,12-15,19-21H2,1-3H3,(H,30,33). The van der Waals surface area contributed by atoms with Gasteiger partial charge in [0, 0.05) is 26.2 Å². The summed E-state index contributed by atoms with van der Waals surface area (Å²) >= 11 is 0. The molecule has 3 aromatic rings. The molecule has 1 aliphatic rings. The second kappa shape index (κ2) is 11.9. The highest BCUT2D eigenvalue weighted by atomic mass is 32.2. The maximum Gasteiger partial charge on any atom is 0.264 e. The first-order chi connectivity index (χ1) is 17.7. The minimum absolute atomic E-state index is 0.154. The first-order valence-electron chi connectivity index (χ1n) is 12.5. The molecule has 0 aromatic heterocycles. The van der Waals surface area contributed by atoms with Crippen molar-refractivity contribution in [3.63, 3.8) is 0 Å². The molecule has 37 heavy (non-hydrogen) atoms. The molecular weight excluding hydrogens is 486 g/mol. The second-order valence-electron chi connectivity index (χ2n) is 9.65. The van der Waals surface area contributed by atoms with Crippen molar-refractivity contribution in [1.82, 2.24) is 10.2 Å². The molecule has 0 aliphatic carbocycles. The molecule has 0 saturated carbocycles. The SMILES string of the molecule is Cc1ccc(S(=O)(=O)N(CC(=O)NCc2ccc(CN3CCOCC3)cc2)c2cc(C)cc(C)c2)cc1. The van der Waals surface area contributed by atoms with E-state index >= 15 is 0 Å². The molecule has 7 nitrogen and oxygen atoms in total. The Balaban J connectivity index is 1.45. The smallest absolute Gasteiger partial charge is 0.264 e. The molecule has 1 N–H and O–H groups in total. The lowest BCUT2D eigenvalue weighted by atomic mass is 10.1. The molecule has 1 fully saturated rings. The average molecular weight is 522 g/mol. The van der Waals surface area contributed by atoms with Gasteiger partial charge in [0.1, 0.15) is 6.54 Å². The summed E-state index contributed by atoms with van der Waals surface area (Å²) in [5, 5.41) is 2.89. The van der Waals surface area contributed by atoms with Gasteiger partial charge in [0.05, 0.1) is 23.8 Å². The number of carbonyl (C=O) groups is 1. The van der Waals surface area contributed by atoms with Crippen LogP contribution in [0.3, 0.4) is 0 Å². The summed E-state index contributed by atoms with van der Waals surface area (Å²) < 4.78 is 33.8. The van der Waals surface area contributed by atoms with Gasteiger partial charge in [-0.25, -0.2) is 8.42 Å². The number of hydrogen-bond donors (Lipinski definition) is 1. The van der Waals surface area contributed by atoms with Gasteiger partial charge in [-0.2, -0.15) is 0 Å². The lowest BCUT2D eigenvalue weighted by Gasteiger charge is -2.26. The van der Waals surface area contributed by atoms with Crippen molar-refractivity contribution in [2.45, 2.75) is 38.8 Å². The van der Waals surface area contributed by atoms with E-state index in [1.807, 2.05) is 39.0 Å². The Kier molecular flexibility index (Phi) is 8.63. The van der Waals surface area contributed by atoms with E-state index in [-0.39, 0.29) is 17.3 Å². The van der Waals surface area contributed by atoms with E-state index in [2.05, 4.69) is 22.3 Å². The number of anilines is 1. The Hall–Kier alpha value is -3.20. The van der Waals surface area contributed by atoms with Gasteiger partial charge in [-0.15, -0.1) is 0 Å². The van der Waals surface area contributed by atoms with Crippen LogP contribution in [-0.2, 0) is 32.6 Å². The lowest BCUT2D eigenvalue weighted by molar-refractivity contribution is -0.119. The van der Waals surface area contributed by atoms with E-state index in [9.17, 15) is 13.2 Å². The zero-order valence-corrected chi connectivity index (χ0v) is 22.6. The third-order valence-electron chi connectivity index (χ3n) is 6.41. The number of rotatable bonds is 9. The third-order valence-corrected chi connectivity index (χ3v) is 8.20. The number of nitrogens with one attached hydrogen (secondary N) is 1. The molecule has 1 amide bonds. The van der Waals surface area contributed by atoms with Gasteiger partial charge in [-0.05, 0) is 67.3 Å². The number of morpholine rings is 1. The van der Waals surface area contributed by atoms with Gasteiger partial charge in [-0.1, -0.05) is 48.0 Å². The van der Waals surface area contributed by atoms with Gasteiger partial charge >= 0.3 is 0 Å². The summed E-state index contributed by atoms with van der Waals surface area (Å²) in [6.45, 7) is 10.0. The minimum Gasteiger partial charge on any atom is -0.379 e. The lowest BCUT2D eigenvalue weighted by Crippen LogP contribution is -2.40. The van der Waals surface area contributed by atoms with Crippen LogP contribution in [0.1, 0.15) is 27.8 Å². The fraction of sp³-hybridized carbons (Fsp3) is 0.345. The van der Waals surface area contributed by atoms with Gasteiger partial charge < -0.3 is 10.1 Å². The quantitative estimate of drug-likeness (QED) is 0.461. The van der Waals surface area contributed by atoms with E-state index in [0.29, 0.717) is 12.2 Å². The van der Waals surface area contributed by atoms with Gasteiger partial charge in [0.15, 0.2) is 0 Å². The Morgan fingerprint density at radius 2 is 1.46 bits per heavy atom. The molecular formula is C29H35N3O4S. The first kappa shape index (κ1) is 26.9. The summed E-state index contributed by atoms with van der Waals surface area (Å²) in [7, 11) is -3.94. The highest BCUT2D eigenvalue weighted by molar-refractivity contribution is 7.92. The third kappa shape index (κ3) is 7.19. The van der Waals surface area contributed by atoms with Crippen LogP contribution in [0.2, 0.25) is 0 Å². The predicted molar refractivity (Wildman–Crippen MR) is 146 cm³/mol. The van der Waals surface area contributed by atoms with Crippen LogP contribution >= 0.6 is 0 Å². The number of aryl methyl sites for hydroxylation is 3. The Labute approximate surface area is 220 Å². The fourth-order valence-electron chi connectivity index (χ4n) is 4.41. The molecule has 0 radical (unpaired) electrons. The normalized spacial score (nSPS) is 14.4. The summed E-state index contributed by atoms with van der Waals surface area (Å²) in [5.74, 6) is -0.368. The van der Waals surface area contributed by atoms with Crippen LogP contribution in [0.15, 0.2) is 71.6 Å². The molecule has 1 aliphatic heterocycles. The molecule has 0 spiro atoms. The van der Waals surface area contributed by atoms with Crippen LogP contribution in [0, 0.1) is 20.8 Å². The monoisotopic (exact) mass is 521 g/mol. The summed E-state index contributed by atoms with van der Waals surface area (Å²) in [6.07, 6.45) is 0. The largest absolute Gasteiger partial charge is 0.379 e. The van der Waals surface area contributed by atoms with E-state index in [1.54, 1.807) is 36.4 Å². The topological polar surface area (TPSA) is 79.0 Å². The Morgan fingerprint density at radius 1 is 0.865 bits per heavy atom. The van der Waals surface area contributed by atoms with Crippen LogP contribution in [0.4, 0.5) is 5.69 Å². The number of nitrogens with zero attached hydrogens (tertiary/aromatic N) is 2. The molecule has 4 rings (SSSR count). The molecule has 8 heteroatoms. The molecule has 0 atom stereocenters. The number of carbonyl (C=O) groups excluding carboxylic acids is 1. The number of hydrogen-bond acceptors (Lipinski definition) is 5. The van der Waals surface area contributed by atoms with Crippen molar-refractivity contribution >= 4 is 21.6 Å². The number of benzene rings is 3. The minimum atomic E-state index is -3.94. The number of amides is 1. The summed E-state index contributed by atoms with van der Waals surface area (Å²) in [6, 6.07) is 20.4. The first-order valence-corrected chi connectivity index (χ1v) is 14.0. The number of ether oxygens (including phenoxy) is 1. The van der Waals surface area contributed by atoms with Crippen molar-refractivity contribution in [2.24, 2.45) is 0 Å². The van der Waals surface area contributed by atoms with Gasteiger partial charge in [0.2, 0.25) is 5.91 Å². The van der Waals surface area contributed by atoms with Crippen molar-refractivity contribution in [1.29, 1.82) is 0 Å². The summed E-state index contributed by atoms with van der Waals surface area (Å²) in [5.41, 5.74) is 5.46. The van der Waals surface area contributed by atoms with Crippen LogP contribution in [0.5, 0.6) is 0 Å². The van der Waals surface area contributed by atoms with Gasteiger partial charge in [0.25, 0.3) is 10.0 Å². The summed E-state index contributed by atoms with van der Waals surface area (Å²) in [4.78, 5) is 15.5. The van der Waals surface area contributed by atoms with Crippen molar-refractivity contribution in [2.75, 3.05) is 37.2 Å². The molecule has 3 aromatic carbocycles. The molecule has 0 bridgehead atoms. The second-order valence-corrected chi connectivity index (χ2v) is 11.5. The highest BCUT2D eigenvalue weighted by Crippen LogP contribution is 2.26. The molecule has 1 heterocycles. The molecule has 1 saturated heterocycles. The van der Waals surface area contributed by atoms with E-state index in [0.717, 1.165) is 55.1 Å². The number of sulfonamides is 1. The highest BCUT2D eigenvalue weighted by Gasteiger charge is 2.27. The zero-order chi connectivity index (χ0) is 26.4. The fourth-order valence-corrected chi connectivity index (χ4v) is 5.82. The van der Waals surface area contributed by atoms with Gasteiger partial charge in [-0.3, -0.25) is 14.0 Å². The van der Waals surface area contributed by atoms with Crippen molar-refractivity contribution < 1.29 is 17.9 Å². The van der Waals surface area contributed by atoms with E-state index < -0.39 is 10.0 Å². The maximum atomic E-state index is 13.6. The maximum absolute atomic E-state index is 13.6. The molecule has 0 unspecified atom stereocenters. The van der Waals surface area contributed by atoms with E-state index in [4.69, 9.17) is 4.74 Å². The Bertz CT molecular complexity index is 1300. The zero-order valence-electron chi connectivity index (χ0n) is 21.7. The van der Waals surface area contributed by atoms with Crippen LogP contribution in [0.25, 0.3) is 0 Å². The van der Waals surface area contributed by atoms with E-state index in [1.165, 1.54) is 9.87 Å².